The number of halogens is 1. The van der Waals surface area contributed by atoms with Gasteiger partial charge in [0, 0.05) is 55.0 Å². The fraction of sp³-hybridized carbons (Fsp3) is 0.435. The topological polar surface area (TPSA) is 60.9 Å². The van der Waals surface area contributed by atoms with E-state index in [0.29, 0.717) is 49.1 Å². The molecular weight excluding hydrogens is 434 g/mol. The Morgan fingerprint density at radius 1 is 0.968 bits per heavy atom. The Labute approximate surface area is 188 Å². The van der Waals surface area contributed by atoms with Crippen LogP contribution in [0.5, 0.6) is 0 Å². The number of aryl methyl sites for hydroxylation is 1. The summed E-state index contributed by atoms with van der Waals surface area (Å²) in [5, 5.41) is 0.683. The summed E-state index contributed by atoms with van der Waals surface area (Å²) in [5.41, 5.74) is 4.01. The molecule has 5 rings (SSSR count). The van der Waals surface area contributed by atoms with Crippen molar-refractivity contribution in [3.8, 4) is 0 Å². The molecular formula is C23H26ClN3O3S. The van der Waals surface area contributed by atoms with Gasteiger partial charge in [-0.15, -0.1) is 0 Å². The van der Waals surface area contributed by atoms with Gasteiger partial charge in [-0.05, 0) is 67.6 Å². The molecule has 0 atom stereocenters. The lowest BCUT2D eigenvalue weighted by Crippen LogP contribution is -2.48. The highest BCUT2D eigenvalue weighted by Gasteiger charge is 2.37. The van der Waals surface area contributed by atoms with Gasteiger partial charge in [-0.1, -0.05) is 17.7 Å². The number of sulfonamides is 1. The molecule has 31 heavy (non-hydrogen) atoms. The molecule has 0 N–H and O–H groups in total. The highest BCUT2D eigenvalue weighted by atomic mass is 35.5. The van der Waals surface area contributed by atoms with Gasteiger partial charge in [0.1, 0.15) is 0 Å². The molecule has 2 fully saturated rings. The van der Waals surface area contributed by atoms with Crippen molar-refractivity contribution in [2.75, 3.05) is 42.5 Å². The van der Waals surface area contributed by atoms with Crippen molar-refractivity contribution in [3.63, 3.8) is 0 Å². The molecule has 1 aliphatic carbocycles. The molecule has 2 aromatic rings. The van der Waals surface area contributed by atoms with Crippen LogP contribution in [-0.2, 0) is 21.2 Å². The molecule has 0 radical (unpaired) electrons. The zero-order chi connectivity index (χ0) is 21.8. The summed E-state index contributed by atoms with van der Waals surface area (Å²) in [4.78, 5) is 16.8. The average molecular weight is 460 g/mol. The van der Waals surface area contributed by atoms with Crippen molar-refractivity contribution in [3.05, 3.63) is 52.5 Å². The van der Waals surface area contributed by atoms with Gasteiger partial charge in [0.15, 0.2) is 0 Å². The fourth-order valence-electron chi connectivity index (χ4n) is 4.56. The lowest BCUT2D eigenvalue weighted by Gasteiger charge is -2.36. The number of hydrogen-bond acceptors (Lipinski definition) is 4. The number of carbonyl (C=O) groups is 1. The van der Waals surface area contributed by atoms with E-state index < -0.39 is 10.0 Å². The van der Waals surface area contributed by atoms with Crippen LogP contribution < -0.4 is 9.80 Å². The molecule has 2 aromatic carbocycles. The molecule has 2 heterocycles. The van der Waals surface area contributed by atoms with E-state index in [1.165, 1.54) is 0 Å². The van der Waals surface area contributed by atoms with Gasteiger partial charge < -0.3 is 9.80 Å². The van der Waals surface area contributed by atoms with Gasteiger partial charge in [-0.2, -0.15) is 4.31 Å². The van der Waals surface area contributed by atoms with Gasteiger partial charge in [0.25, 0.3) is 0 Å². The summed E-state index contributed by atoms with van der Waals surface area (Å²) >= 11 is 6.16. The number of anilines is 2. The quantitative estimate of drug-likeness (QED) is 0.702. The number of amides is 1. The van der Waals surface area contributed by atoms with Gasteiger partial charge in [-0.25, -0.2) is 8.42 Å². The molecule has 0 unspecified atom stereocenters. The van der Waals surface area contributed by atoms with Crippen molar-refractivity contribution in [1.29, 1.82) is 0 Å². The molecule has 8 heteroatoms. The Kier molecular flexibility index (Phi) is 5.23. The molecule has 2 aliphatic heterocycles. The fourth-order valence-corrected chi connectivity index (χ4v) is 6.20. The molecule has 3 aliphatic rings. The summed E-state index contributed by atoms with van der Waals surface area (Å²) < 4.78 is 28.1. The Bertz CT molecular complexity index is 1140. The van der Waals surface area contributed by atoms with Gasteiger partial charge >= 0.3 is 0 Å². The molecule has 0 aromatic heterocycles. The third kappa shape index (κ3) is 3.83. The molecule has 1 amide bonds. The summed E-state index contributed by atoms with van der Waals surface area (Å²) in [7, 11) is -3.57. The molecule has 1 saturated carbocycles. The number of benzene rings is 2. The van der Waals surface area contributed by atoms with Gasteiger partial charge in [0.05, 0.1) is 4.90 Å². The van der Waals surface area contributed by atoms with Crippen LogP contribution in [0.15, 0.2) is 41.3 Å². The third-order valence-corrected chi connectivity index (χ3v) is 8.66. The summed E-state index contributed by atoms with van der Waals surface area (Å²) in [6, 6.07) is 11.0. The van der Waals surface area contributed by atoms with E-state index in [1.54, 1.807) is 22.5 Å². The Balaban J connectivity index is 1.31. The molecule has 0 spiro atoms. The minimum atomic E-state index is -3.57. The molecule has 6 nitrogen and oxygen atoms in total. The van der Waals surface area contributed by atoms with Crippen LogP contribution in [0.3, 0.4) is 0 Å². The predicted octanol–water partition coefficient (Wildman–Crippen LogP) is 3.46. The maximum atomic E-state index is 13.3. The van der Waals surface area contributed by atoms with Crippen LogP contribution in [0, 0.1) is 12.8 Å². The van der Waals surface area contributed by atoms with Crippen molar-refractivity contribution in [1.82, 2.24) is 4.31 Å². The highest BCUT2D eigenvalue weighted by molar-refractivity contribution is 7.89. The summed E-state index contributed by atoms with van der Waals surface area (Å²) in [6.45, 7) is 4.78. The Hall–Kier alpha value is -2.09. The van der Waals surface area contributed by atoms with E-state index in [-0.39, 0.29) is 11.8 Å². The smallest absolute Gasteiger partial charge is 0.243 e. The highest BCUT2D eigenvalue weighted by Crippen LogP contribution is 2.37. The number of rotatable bonds is 4. The first-order valence-corrected chi connectivity index (χ1v) is 12.6. The monoisotopic (exact) mass is 459 g/mol. The number of hydrogen-bond donors (Lipinski definition) is 0. The van der Waals surface area contributed by atoms with Crippen molar-refractivity contribution >= 4 is 38.9 Å². The van der Waals surface area contributed by atoms with Crippen LogP contribution in [0.4, 0.5) is 11.4 Å². The van der Waals surface area contributed by atoms with E-state index in [9.17, 15) is 13.2 Å². The van der Waals surface area contributed by atoms with E-state index >= 15 is 0 Å². The second kappa shape index (κ2) is 7.80. The largest absolute Gasteiger partial charge is 0.369 e. The molecule has 164 valence electrons. The van der Waals surface area contributed by atoms with E-state index in [0.717, 1.165) is 35.3 Å². The van der Waals surface area contributed by atoms with Crippen LogP contribution >= 0.6 is 11.6 Å². The van der Waals surface area contributed by atoms with E-state index in [2.05, 4.69) is 4.90 Å². The minimum absolute atomic E-state index is 0.161. The summed E-state index contributed by atoms with van der Waals surface area (Å²) in [6.07, 6.45) is 2.65. The van der Waals surface area contributed by atoms with E-state index in [1.807, 2.05) is 30.0 Å². The van der Waals surface area contributed by atoms with Crippen molar-refractivity contribution in [2.24, 2.45) is 5.92 Å². The Morgan fingerprint density at radius 3 is 2.42 bits per heavy atom. The maximum Gasteiger partial charge on any atom is 0.243 e. The second-order valence-electron chi connectivity index (χ2n) is 8.63. The SMILES string of the molecule is Cc1ccc(Cl)cc1N1CCN(S(=O)(=O)c2ccc3c(c2)CCN3C(=O)C2CC2)CC1. The number of carbonyl (C=O) groups excluding carboxylic acids is 1. The maximum absolute atomic E-state index is 13.3. The van der Waals surface area contributed by atoms with Crippen LogP contribution in [0.25, 0.3) is 0 Å². The lowest BCUT2D eigenvalue weighted by atomic mass is 10.1. The minimum Gasteiger partial charge on any atom is -0.369 e. The predicted molar refractivity (Wildman–Crippen MR) is 122 cm³/mol. The first kappa shape index (κ1) is 20.8. The summed E-state index contributed by atoms with van der Waals surface area (Å²) in [5.74, 6) is 0.343. The zero-order valence-electron chi connectivity index (χ0n) is 17.6. The second-order valence-corrected chi connectivity index (χ2v) is 11.0. The zero-order valence-corrected chi connectivity index (χ0v) is 19.1. The van der Waals surface area contributed by atoms with Crippen LogP contribution in [0.1, 0.15) is 24.0 Å². The number of nitrogens with zero attached hydrogens (tertiary/aromatic N) is 3. The van der Waals surface area contributed by atoms with Crippen molar-refractivity contribution < 1.29 is 13.2 Å². The van der Waals surface area contributed by atoms with Gasteiger partial charge in [0.2, 0.25) is 15.9 Å². The standard InChI is InChI=1S/C23H26ClN3O3S/c1-16-2-5-19(24)15-22(16)25-10-12-26(13-11-25)31(29,30)20-6-7-21-18(14-20)8-9-27(21)23(28)17-3-4-17/h2,5-7,14-15,17H,3-4,8-13H2,1H3. The first-order chi connectivity index (χ1) is 14.8. The molecule has 0 bridgehead atoms. The normalized spacial score (nSPS) is 19.5. The number of piperazine rings is 1. The first-order valence-electron chi connectivity index (χ1n) is 10.8. The molecule has 1 saturated heterocycles. The third-order valence-electron chi connectivity index (χ3n) is 6.53. The van der Waals surface area contributed by atoms with Gasteiger partial charge in [-0.3, -0.25) is 4.79 Å². The van der Waals surface area contributed by atoms with Crippen LogP contribution in [-0.4, -0.2) is 51.4 Å². The van der Waals surface area contributed by atoms with Crippen molar-refractivity contribution in [2.45, 2.75) is 31.1 Å². The number of fused-ring (bicyclic) bond motifs is 1. The average Bonchev–Trinajstić information content (AvgIpc) is 3.54. The lowest BCUT2D eigenvalue weighted by molar-refractivity contribution is -0.119. The van der Waals surface area contributed by atoms with E-state index in [4.69, 9.17) is 11.6 Å². The Morgan fingerprint density at radius 2 is 1.71 bits per heavy atom. The van der Waals surface area contributed by atoms with Crippen LogP contribution in [0.2, 0.25) is 5.02 Å².